The molecular weight excluding hydrogens is 365 g/mol. The van der Waals surface area contributed by atoms with Gasteiger partial charge < -0.3 is 4.57 Å². The van der Waals surface area contributed by atoms with Gasteiger partial charge in [-0.1, -0.05) is 59.6 Å². The van der Waals surface area contributed by atoms with Gasteiger partial charge in [0.1, 0.15) is 5.52 Å². The molecule has 0 radical (unpaired) electrons. The van der Waals surface area contributed by atoms with Crippen molar-refractivity contribution in [3.63, 3.8) is 0 Å². The predicted molar refractivity (Wildman–Crippen MR) is 108 cm³/mol. The molecule has 3 aromatic carbocycles. The molecule has 0 fully saturated rings. The fourth-order valence-corrected chi connectivity index (χ4v) is 3.68. The van der Waals surface area contributed by atoms with E-state index in [1.165, 1.54) is 0 Å². The highest BCUT2D eigenvalue weighted by Crippen LogP contribution is 2.30. The maximum Gasteiger partial charge on any atom is 0.160 e. The van der Waals surface area contributed by atoms with E-state index in [1.54, 1.807) is 0 Å². The molecular formula is C21H13Cl2N3. The lowest BCUT2D eigenvalue weighted by Gasteiger charge is -2.08. The Kier molecular flexibility index (Phi) is 3.59. The Labute approximate surface area is 159 Å². The van der Waals surface area contributed by atoms with Crippen molar-refractivity contribution in [1.82, 2.24) is 14.5 Å². The molecule has 0 unspecified atom stereocenters. The zero-order chi connectivity index (χ0) is 17.7. The molecule has 126 valence electrons. The monoisotopic (exact) mass is 377 g/mol. The van der Waals surface area contributed by atoms with Crippen molar-refractivity contribution >= 4 is 56.3 Å². The molecule has 5 heteroatoms. The molecule has 0 atom stereocenters. The number of aromatic nitrogens is 3. The van der Waals surface area contributed by atoms with E-state index >= 15 is 0 Å². The molecule has 0 bridgehead atoms. The molecule has 5 aromatic rings. The first-order valence-electron chi connectivity index (χ1n) is 8.28. The number of halogens is 2. The lowest BCUT2D eigenvalue weighted by molar-refractivity contribution is 0.857. The van der Waals surface area contributed by atoms with Gasteiger partial charge in [0, 0.05) is 11.9 Å². The Morgan fingerprint density at radius 3 is 2.31 bits per heavy atom. The number of hydrogen-bond acceptors (Lipinski definition) is 2. The highest BCUT2D eigenvalue weighted by Gasteiger charge is 2.14. The fourth-order valence-electron chi connectivity index (χ4n) is 3.36. The quantitative estimate of drug-likeness (QED) is 0.372. The Morgan fingerprint density at radius 2 is 1.50 bits per heavy atom. The van der Waals surface area contributed by atoms with Crippen LogP contribution in [0.3, 0.4) is 0 Å². The van der Waals surface area contributed by atoms with Gasteiger partial charge in [-0.3, -0.25) is 0 Å². The van der Waals surface area contributed by atoms with Crippen LogP contribution in [0.15, 0.2) is 66.7 Å². The molecule has 0 aliphatic rings. The van der Waals surface area contributed by atoms with Crippen molar-refractivity contribution in [2.75, 3.05) is 0 Å². The zero-order valence-electron chi connectivity index (χ0n) is 13.7. The highest BCUT2D eigenvalue weighted by molar-refractivity contribution is 6.42. The van der Waals surface area contributed by atoms with Gasteiger partial charge in [-0.25, -0.2) is 9.97 Å². The Morgan fingerprint density at radius 1 is 0.769 bits per heavy atom. The van der Waals surface area contributed by atoms with Crippen LogP contribution in [0.25, 0.3) is 33.1 Å². The van der Waals surface area contributed by atoms with E-state index in [4.69, 9.17) is 33.2 Å². The number of hydrogen-bond donors (Lipinski definition) is 0. The van der Waals surface area contributed by atoms with Gasteiger partial charge in [0.25, 0.3) is 0 Å². The predicted octanol–water partition coefficient (Wildman–Crippen LogP) is 6.09. The first-order chi connectivity index (χ1) is 12.7. The van der Waals surface area contributed by atoms with Crippen LogP contribution in [0.2, 0.25) is 10.0 Å². The van der Waals surface area contributed by atoms with E-state index in [9.17, 15) is 0 Å². The summed E-state index contributed by atoms with van der Waals surface area (Å²) in [6.07, 6.45) is 0. The second-order valence-electron chi connectivity index (χ2n) is 6.24. The van der Waals surface area contributed by atoms with Crippen molar-refractivity contribution < 1.29 is 0 Å². The third kappa shape index (κ3) is 2.44. The van der Waals surface area contributed by atoms with Crippen LogP contribution in [0.5, 0.6) is 0 Å². The van der Waals surface area contributed by atoms with E-state index < -0.39 is 0 Å². The maximum atomic E-state index is 6.20. The summed E-state index contributed by atoms with van der Waals surface area (Å²) in [5.74, 6) is 0. The minimum Gasteiger partial charge on any atom is -0.319 e. The summed E-state index contributed by atoms with van der Waals surface area (Å²) in [7, 11) is 0. The molecule has 0 amide bonds. The van der Waals surface area contributed by atoms with E-state index in [2.05, 4.69) is 16.7 Å². The topological polar surface area (TPSA) is 30.7 Å². The van der Waals surface area contributed by atoms with Crippen molar-refractivity contribution in [1.29, 1.82) is 0 Å². The van der Waals surface area contributed by atoms with Crippen LogP contribution in [-0.2, 0) is 6.54 Å². The van der Waals surface area contributed by atoms with E-state index in [1.807, 2.05) is 54.6 Å². The molecule has 0 N–H and O–H groups in total. The smallest absolute Gasteiger partial charge is 0.160 e. The average molecular weight is 378 g/mol. The number of rotatable bonds is 2. The van der Waals surface area contributed by atoms with Crippen LogP contribution in [0, 0.1) is 0 Å². The van der Waals surface area contributed by atoms with Gasteiger partial charge in [0.2, 0.25) is 0 Å². The van der Waals surface area contributed by atoms with Crippen LogP contribution < -0.4 is 0 Å². The lowest BCUT2D eigenvalue weighted by Crippen LogP contribution is -2.01. The van der Waals surface area contributed by atoms with Crippen LogP contribution in [0.1, 0.15) is 5.56 Å². The van der Waals surface area contributed by atoms with Crippen molar-refractivity contribution in [3.05, 3.63) is 82.3 Å². The third-order valence-electron chi connectivity index (χ3n) is 4.58. The van der Waals surface area contributed by atoms with Crippen LogP contribution in [-0.4, -0.2) is 14.5 Å². The number of benzene rings is 3. The third-order valence-corrected chi connectivity index (χ3v) is 5.32. The summed E-state index contributed by atoms with van der Waals surface area (Å²) in [5.41, 5.74) is 5.74. The first kappa shape index (κ1) is 15.6. The largest absolute Gasteiger partial charge is 0.319 e. The maximum absolute atomic E-state index is 6.20. The van der Waals surface area contributed by atoms with E-state index in [0.717, 1.165) is 38.7 Å². The van der Waals surface area contributed by atoms with Gasteiger partial charge in [-0.05, 0) is 35.9 Å². The first-order valence-corrected chi connectivity index (χ1v) is 9.04. The molecule has 0 saturated heterocycles. The minimum atomic E-state index is 0.557. The van der Waals surface area contributed by atoms with E-state index in [-0.39, 0.29) is 0 Å². The molecule has 26 heavy (non-hydrogen) atoms. The zero-order valence-corrected chi connectivity index (χ0v) is 15.2. The summed E-state index contributed by atoms with van der Waals surface area (Å²) in [4.78, 5) is 9.76. The molecule has 2 aromatic heterocycles. The lowest BCUT2D eigenvalue weighted by atomic mass is 10.2. The Balaban J connectivity index is 1.81. The molecule has 0 aliphatic carbocycles. The number of fused-ring (bicyclic) bond motifs is 4. The molecule has 0 saturated carbocycles. The summed E-state index contributed by atoms with van der Waals surface area (Å²) in [6, 6.07) is 21.9. The Bertz CT molecular complexity index is 1290. The minimum absolute atomic E-state index is 0.557. The molecule has 0 aliphatic heterocycles. The van der Waals surface area contributed by atoms with Gasteiger partial charge in [0.15, 0.2) is 5.65 Å². The van der Waals surface area contributed by atoms with Crippen molar-refractivity contribution in [2.24, 2.45) is 0 Å². The normalized spacial score (nSPS) is 11.6. The SMILES string of the molecule is Clc1ccc(Cn2c3ccccc3c3nc4ccccc4nc32)cc1Cl. The second-order valence-corrected chi connectivity index (χ2v) is 7.05. The average Bonchev–Trinajstić information content (AvgIpc) is 2.96. The second kappa shape index (κ2) is 5.97. The fraction of sp³-hybridized carbons (Fsp3) is 0.0476. The van der Waals surface area contributed by atoms with Gasteiger partial charge in [-0.15, -0.1) is 0 Å². The highest BCUT2D eigenvalue weighted by atomic mass is 35.5. The van der Waals surface area contributed by atoms with Crippen LogP contribution in [0.4, 0.5) is 0 Å². The molecule has 2 heterocycles. The summed E-state index contributed by atoms with van der Waals surface area (Å²) in [6.45, 7) is 0.647. The molecule has 3 nitrogen and oxygen atoms in total. The summed E-state index contributed by atoms with van der Waals surface area (Å²) in [5, 5.41) is 2.21. The molecule has 5 rings (SSSR count). The van der Waals surface area contributed by atoms with Gasteiger partial charge in [-0.2, -0.15) is 0 Å². The van der Waals surface area contributed by atoms with Gasteiger partial charge >= 0.3 is 0 Å². The number of nitrogens with zero attached hydrogens (tertiary/aromatic N) is 3. The van der Waals surface area contributed by atoms with Crippen molar-refractivity contribution in [3.8, 4) is 0 Å². The van der Waals surface area contributed by atoms with Crippen LogP contribution >= 0.6 is 23.2 Å². The number of para-hydroxylation sites is 3. The molecule has 0 spiro atoms. The summed E-state index contributed by atoms with van der Waals surface area (Å²) >= 11 is 12.3. The van der Waals surface area contributed by atoms with E-state index in [0.29, 0.717) is 16.6 Å². The standard InChI is InChI=1S/C21H13Cl2N3/c22-15-10-9-13(11-16(15)23)12-26-19-8-4-1-5-14(19)20-21(26)25-18-7-3-2-6-17(18)24-20/h1-11H,12H2. The Hall–Kier alpha value is -2.62. The van der Waals surface area contributed by atoms with Gasteiger partial charge in [0.05, 0.1) is 26.6 Å². The van der Waals surface area contributed by atoms with Crippen molar-refractivity contribution in [2.45, 2.75) is 6.54 Å². The summed E-state index contributed by atoms with van der Waals surface area (Å²) < 4.78 is 2.18.